The summed E-state index contributed by atoms with van der Waals surface area (Å²) in [6.07, 6.45) is -5.47. The largest absolute Gasteiger partial charge is 0.394 e. The lowest BCUT2D eigenvalue weighted by Gasteiger charge is -2.19. The SMILES string of the molecule is Br.CC(=O)C(=O)C(O)C(O)C(O)CO. The van der Waals surface area contributed by atoms with Gasteiger partial charge < -0.3 is 20.4 Å². The third-order valence-corrected chi connectivity index (χ3v) is 1.52. The molecule has 0 saturated carbocycles. The van der Waals surface area contributed by atoms with Gasteiger partial charge in [-0.2, -0.15) is 0 Å². The fourth-order valence-electron chi connectivity index (χ4n) is 0.682. The smallest absolute Gasteiger partial charge is 0.229 e. The molecule has 0 saturated heterocycles. The number of Topliss-reactive ketones (excluding diaryl/α,β-unsaturated/α-hetero) is 2. The van der Waals surface area contributed by atoms with Gasteiger partial charge in [-0.15, -0.1) is 17.0 Å². The van der Waals surface area contributed by atoms with Gasteiger partial charge in [-0.25, -0.2) is 0 Å². The van der Waals surface area contributed by atoms with Crippen LogP contribution in [0.4, 0.5) is 0 Å². The highest BCUT2D eigenvalue weighted by Crippen LogP contribution is 2.01. The Kier molecular flexibility index (Phi) is 8.07. The van der Waals surface area contributed by atoms with E-state index in [1.807, 2.05) is 0 Å². The average Bonchev–Trinajstić information content (AvgIpc) is 2.12. The van der Waals surface area contributed by atoms with E-state index in [9.17, 15) is 9.59 Å². The molecular formula is C7H13BrO6. The van der Waals surface area contributed by atoms with E-state index in [0.717, 1.165) is 6.92 Å². The third kappa shape index (κ3) is 4.25. The number of carbonyl (C=O) groups excluding carboxylic acids is 2. The number of ketones is 2. The summed E-state index contributed by atoms with van der Waals surface area (Å²) in [5.74, 6) is -2.11. The number of aliphatic hydroxyl groups is 4. The summed E-state index contributed by atoms with van der Waals surface area (Å²) >= 11 is 0. The maximum absolute atomic E-state index is 10.8. The first kappa shape index (κ1) is 16.1. The van der Waals surface area contributed by atoms with Crippen molar-refractivity contribution in [2.45, 2.75) is 25.2 Å². The molecule has 0 spiro atoms. The van der Waals surface area contributed by atoms with Crippen LogP contribution < -0.4 is 0 Å². The second-order valence-electron chi connectivity index (χ2n) is 2.61. The molecule has 0 aliphatic carbocycles. The van der Waals surface area contributed by atoms with Gasteiger partial charge in [0.25, 0.3) is 0 Å². The lowest BCUT2D eigenvalue weighted by molar-refractivity contribution is -0.149. The normalized spacial score (nSPS) is 16.4. The monoisotopic (exact) mass is 272 g/mol. The summed E-state index contributed by atoms with van der Waals surface area (Å²) in [7, 11) is 0. The molecule has 3 atom stereocenters. The van der Waals surface area contributed by atoms with Gasteiger partial charge in [0.15, 0.2) is 5.78 Å². The van der Waals surface area contributed by atoms with Crippen molar-refractivity contribution in [3.05, 3.63) is 0 Å². The predicted octanol–water partition coefficient (Wildman–Crippen LogP) is -2.20. The third-order valence-electron chi connectivity index (χ3n) is 1.52. The second-order valence-corrected chi connectivity index (χ2v) is 2.61. The molecule has 0 bridgehead atoms. The molecule has 0 aliphatic heterocycles. The van der Waals surface area contributed by atoms with Gasteiger partial charge in [-0.05, 0) is 0 Å². The minimum absolute atomic E-state index is 0. The van der Waals surface area contributed by atoms with Crippen LogP contribution in [0.3, 0.4) is 0 Å². The molecule has 0 aromatic carbocycles. The Bertz CT molecular complexity index is 206. The summed E-state index contributed by atoms with van der Waals surface area (Å²) in [4.78, 5) is 21.2. The van der Waals surface area contributed by atoms with E-state index < -0.39 is 36.5 Å². The first-order chi connectivity index (χ1) is 5.91. The van der Waals surface area contributed by atoms with Crippen LogP contribution >= 0.6 is 17.0 Å². The summed E-state index contributed by atoms with van der Waals surface area (Å²) < 4.78 is 0. The number of carbonyl (C=O) groups is 2. The number of hydrogen-bond donors (Lipinski definition) is 4. The Morgan fingerprint density at radius 3 is 1.93 bits per heavy atom. The molecule has 14 heavy (non-hydrogen) atoms. The Balaban J connectivity index is 0. The van der Waals surface area contributed by atoms with E-state index in [0.29, 0.717) is 0 Å². The summed E-state index contributed by atoms with van der Waals surface area (Å²) in [5.41, 5.74) is 0. The zero-order valence-electron chi connectivity index (χ0n) is 7.45. The van der Waals surface area contributed by atoms with Crippen molar-refractivity contribution in [1.82, 2.24) is 0 Å². The van der Waals surface area contributed by atoms with Crippen molar-refractivity contribution in [2.75, 3.05) is 6.61 Å². The molecule has 0 amide bonds. The van der Waals surface area contributed by atoms with Crippen molar-refractivity contribution < 1.29 is 30.0 Å². The van der Waals surface area contributed by atoms with Crippen LogP contribution in [0.2, 0.25) is 0 Å². The highest BCUT2D eigenvalue weighted by atomic mass is 79.9. The maximum Gasteiger partial charge on any atom is 0.229 e. The highest BCUT2D eigenvalue weighted by Gasteiger charge is 2.31. The number of halogens is 1. The Labute approximate surface area is 90.9 Å². The molecule has 0 heterocycles. The molecule has 0 rings (SSSR count). The fourth-order valence-corrected chi connectivity index (χ4v) is 0.682. The fraction of sp³-hybridized carbons (Fsp3) is 0.714. The Hall–Kier alpha value is -0.340. The predicted molar refractivity (Wildman–Crippen MR) is 51.1 cm³/mol. The van der Waals surface area contributed by atoms with Crippen LogP contribution in [-0.4, -0.2) is 56.9 Å². The van der Waals surface area contributed by atoms with Crippen LogP contribution in [-0.2, 0) is 9.59 Å². The number of aliphatic hydroxyl groups excluding tert-OH is 4. The molecular weight excluding hydrogens is 260 g/mol. The second kappa shape index (κ2) is 7.02. The van der Waals surface area contributed by atoms with E-state index in [1.165, 1.54) is 0 Å². The van der Waals surface area contributed by atoms with Crippen molar-refractivity contribution >= 4 is 28.5 Å². The molecule has 84 valence electrons. The Morgan fingerprint density at radius 2 is 1.64 bits per heavy atom. The van der Waals surface area contributed by atoms with Gasteiger partial charge >= 0.3 is 0 Å². The maximum atomic E-state index is 10.8. The zero-order valence-corrected chi connectivity index (χ0v) is 9.17. The lowest BCUT2D eigenvalue weighted by Crippen LogP contribution is -2.45. The standard InChI is InChI=1S/C7H12O6.BrH/c1-3(9)5(11)7(13)6(12)4(10)2-8;/h4,6-8,10,12-13H,2H2,1H3;1H. The van der Waals surface area contributed by atoms with Crippen LogP contribution in [0, 0.1) is 0 Å². The van der Waals surface area contributed by atoms with Crippen LogP contribution in [0.1, 0.15) is 6.92 Å². The van der Waals surface area contributed by atoms with Gasteiger partial charge in [0.05, 0.1) is 6.61 Å². The minimum atomic E-state index is -1.99. The van der Waals surface area contributed by atoms with Gasteiger partial charge in [-0.3, -0.25) is 9.59 Å². The highest BCUT2D eigenvalue weighted by molar-refractivity contribution is 8.93. The van der Waals surface area contributed by atoms with Crippen molar-refractivity contribution in [2.24, 2.45) is 0 Å². The number of hydrogen-bond acceptors (Lipinski definition) is 6. The molecule has 3 unspecified atom stereocenters. The average molecular weight is 273 g/mol. The Morgan fingerprint density at radius 1 is 1.21 bits per heavy atom. The summed E-state index contributed by atoms with van der Waals surface area (Å²) in [6.45, 7) is 0.132. The first-order valence-corrected chi connectivity index (χ1v) is 3.61. The van der Waals surface area contributed by atoms with E-state index in [-0.39, 0.29) is 17.0 Å². The molecule has 0 fully saturated rings. The van der Waals surface area contributed by atoms with Crippen LogP contribution in [0.15, 0.2) is 0 Å². The van der Waals surface area contributed by atoms with Gasteiger partial charge in [-0.1, -0.05) is 0 Å². The quantitative estimate of drug-likeness (QED) is 0.422. The molecule has 0 aromatic heterocycles. The van der Waals surface area contributed by atoms with Gasteiger partial charge in [0, 0.05) is 6.92 Å². The van der Waals surface area contributed by atoms with E-state index in [4.69, 9.17) is 20.4 Å². The topological polar surface area (TPSA) is 115 Å². The molecule has 0 aliphatic rings. The molecule has 0 radical (unpaired) electrons. The van der Waals surface area contributed by atoms with Gasteiger partial charge in [0.2, 0.25) is 5.78 Å². The van der Waals surface area contributed by atoms with Crippen LogP contribution in [0.5, 0.6) is 0 Å². The van der Waals surface area contributed by atoms with Crippen LogP contribution in [0.25, 0.3) is 0 Å². The minimum Gasteiger partial charge on any atom is -0.394 e. The molecule has 0 aromatic rings. The van der Waals surface area contributed by atoms with E-state index >= 15 is 0 Å². The summed E-state index contributed by atoms with van der Waals surface area (Å²) in [6, 6.07) is 0. The molecule has 4 N–H and O–H groups in total. The van der Waals surface area contributed by atoms with Gasteiger partial charge in [0.1, 0.15) is 18.3 Å². The summed E-state index contributed by atoms with van der Waals surface area (Å²) in [5, 5.41) is 35.1. The number of rotatable bonds is 5. The first-order valence-electron chi connectivity index (χ1n) is 3.61. The molecule has 6 nitrogen and oxygen atoms in total. The lowest BCUT2D eigenvalue weighted by atomic mass is 10.0. The van der Waals surface area contributed by atoms with Crippen molar-refractivity contribution in [3.8, 4) is 0 Å². The van der Waals surface area contributed by atoms with E-state index in [2.05, 4.69) is 0 Å². The van der Waals surface area contributed by atoms with Crippen molar-refractivity contribution in [3.63, 3.8) is 0 Å². The van der Waals surface area contributed by atoms with E-state index in [1.54, 1.807) is 0 Å². The zero-order chi connectivity index (χ0) is 10.6. The molecule has 7 heteroatoms. The van der Waals surface area contributed by atoms with Crippen molar-refractivity contribution in [1.29, 1.82) is 0 Å².